The average molecular weight is 366 g/mol. The minimum atomic E-state index is -4.40. The molecule has 1 aliphatic carbocycles. The van der Waals surface area contributed by atoms with Gasteiger partial charge in [0.15, 0.2) is 5.11 Å². The highest BCUT2D eigenvalue weighted by Crippen LogP contribution is 2.39. The zero-order chi connectivity index (χ0) is 18.1. The molecule has 8 heteroatoms. The number of alkyl halides is 3. The second-order valence-electron chi connectivity index (χ2n) is 6.28. The molecule has 1 spiro atoms. The van der Waals surface area contributed by atoms with Crippen LogP contribution >= 0.6 is 12.2 Å². The van der Waals surface area contributed by atoms with Crippen LogP contribution in [0, 0.1) is 11.3 Å². The van der Waals surface area contributed by atoms with Crippen LogP contribution in [0.25, 0.3) is 0 Å². The number of nitrogens with one attached hydrogen (secondary N) is 1. The van der Waals surface area contributed by atoms with E-state index in [1.54, 1.807) is 11.0 Å². The topological polar surface area (TPSA) is 51.4 Å². The van der Waals surface area contributed by atoms with E-state index in [1.807, 2.05) is 0 Å². The van der Waals surface area contributed by atoms with Gasteiger partial charge in [0.2, 0.25) is 0 Å². The van der Waals surface area contributed by atoms with Gasteiger partial charge >= 0.3 is 6.18 Å². The number of nitrogens with zero attached hydrogens (tertiary/aromatic N) is 3. The molecule has 1 saturated carbocycles. The average Bonchev–Trinajstić information content (AvgIpc) is 2.81. The van der Waals surface area contributed by atoms with Gasteiger partial charge in [-0.25, -0.2) is 4.99 Å². The highest BCUT2D eigenvalue weighted by atomic mass is 32.1. The summed E-state index contributed by atoms with van der Waals surface area (Å²) in [7, 11) is 0. The quantitative estimate of drug-likeness (QED) is 0.625. The lowest BCUT2D eigenvalue weighted by Crippen LogP contribution is -2.54. The Balaban J connectivity index is 1.92. The number of hydrogen-bond acceptors (Lipinski definition) is 3. The van der Waals surface area contributed by atoms with E-state index in [4.69, 9.17) is 17.5 Å². The Hall–Kier alpha value is -2.14. The fourth-order valence-corrected chi connectivity index (χ4v) is 3.89. The van der Waals surface area contributed by atoms with Gasteiger partial charge < -0.3 is 10.2 Å². The summed E-state index contributed by atoms with van der Waals surface area (Å²) in [5.41, 5.74) is -0.912. The summed E-state index contributed by atoms with van der Waals surface area (Å²) in [5.74, 6) is 0.548. The number of anilines is 1. The largest absolute Gasteiger partial charge is 0.416 e. The van der Waals surface area contributed by atoms with E-state index >= 15 is 0 Å². The molecule has 2 aliphatic rings. The lowest BCUT2D eigenvalue weighted by atomic mass is 9.79. The molecule has 0 saturated heterocycles. The Morgan fingerprint density at radius 1 is 1.28 bits per heavy atom. The summed E-state index contributed by atoms with van der Waals surface area (Å²) in [6, 6.07) is 7.14. The van der Waals surface area contributed by atoms with Crippen molar-refractivity contribution in [1.29, 1.82) is 5.26 Å². The third-order valence-electron chi connectivity index (χ3n) is 4.76. The first kappa shape index (κ1) is 17.7. The van der Waals surface area contributed by atoms with Gasteiger partial charge in [0.25, 0.3) is 0 Å². The maximum absolute atomic E-state index is 12.9. The number of benzene rings is 1. The van der Waals surface area contributed by atoms with Crippen molar-refractivity contribution in [3.63, 3.8) is 0 Å². The Labute approximate surface area is 149 Å². The number of halogens is 3. The SMILES string of the molecule is N#CCN1C(=S)N=C(Nc2cccc(C(F)(F)F)c2)C12CCCCC2. The standard InChI is InChI=1S/C17H17F3N4S/c18-17(19,20)12-5-4-6-13(11-12)22-14-16(7-2-1-3-8-16)24(10-9-21)15(25)23-14/h4-6,11H,1-3,7-8,10H2,(H,22,23,25). The summed E-state index contributed by atoms with van der Waals surface area (Å²) in [6.07, 6.45) is 0.173. The summed E-state index contributed by atoms with van der Waals surface area (Å²) in [5, 5.41) is 12.5. The molecule has 1 fully saturated rings. The monoisotopic (exact) mass is 366 g/mol. The number of nitriles is 1. The fourth-order valence-electron chi connectivity index (χ4n) is 3.56. The van der Waals surface area contributed by atoms with Gasteiger partial charge in [-0.15, -0.1) is 0 Å². The molecule has 1 aromatic rings. The highest BCUT2D eigenvalue weighted by molar-refractivity contribution is 7.80. The van der Waals surface area contributed by atoms with Crippen LogP contribution < -0.4 is 5.32 Å². The van der Waals surface area contributed by atoms with E-state index in [0.29, 0.717) is 16.6 Å². The van der Waals surface area contributed by atoms with E-state index in [0.717, 1.165) is 44.2 Å². The first-order valence-electron chi connectivity index (χ1n) is 8.09. The van der Waals surface area contributed by atoms with Crippen molar-refractivity contribution in [1.82, 2.24) is 4.90 Å². The van der Waals surface area contributed by atoms with E-state index in [9.17, 15) is 13.2 Å². The van der Waals surface area contributed by atoms with Crippen LogP contribution in [-0.4, -0.2) is 27.9 Å². The summed E-state index contributed by atoms with van der Waals surface area (Å²) >= 11 is 5.31. The van der Waals surface area contributed by atoms with E-state index in [2.05, 4.69) is 16.4 Å². The third kappa shape index (κ3) is 3.33. The van der Waals surface area contributed by atoms with Gasteiger partial charge in [0.1, 0.15) is 17.9 Å². The molecule has 3 rings (SSSR count). The van der Waals surface area contributed by atoms with Crippen LogP contribution in [0.3, 0.4) is 0 Å². The van der Waals surface area contributed by atoms with Crippen molar-refractivity contribution in [2.75, 3.05) is 11.9 Å². The van der Waals surface area contributed by atoms with Gasteiger partial charge in [-0.05, 0) is 43.3 Å². The molecule has 0 atom stereocenters. The third-order valence-corrected chi connectivity index (χ3v) is 5.07. The number of rotatable bonds is 2. The number of amidine groups is 1. The van der Waals surface area contributed by atoms with E-state index < -0.39 is 17.3 Å². The molecule has 0 radical (unpaired) electrons. The van der Waals surface area contributed by atoms with Gasteiger partial charge in [0, 0.05) is 5.69 Å². The molecule has 0 aromatic heterocycles. The molecule has 0 unspecified atom stereocenters. The molecule has 0 amide bonds. The normalized spacial score (nSPS) is 19.7. The number of aliphatic imine (C=N–C) groups is 1. The Bertz CT molecular complexity index is 745. The number of hydrogen-bond donors (Lipinski definition) is 1. The molecule has 1 aliphatic heterocycles. The van der Waals surface area contributed by atoms with Crippen LogP contribution in [0.4, 0.5) is 18.9 Å². The Morgan fingerprint density at radius 3 is 2.64 bits per heavy atom. The lowest BCUT2D eigenvalue weighted by molar-refractivity contribution is -0.137. The minimum Gasteiger partial charge on any atom is -0.342 e. The highest BCUT2D eigenvalue weighted by Gasteiger charge is 2.48. The molecule has 1 N–H and O–H groups in total. The predicted molar refractivity (Wildman–Crippen MR) is 93.2 cm³/mol. The first-order chi connectivity index (χ1) is 11.9. The molecule has 132 valence electrons. The van der Waals surface area contributed by atoms with E-state index in [1.165, 1.54) is 6.07 Å². The smallest absolute Gasteiger partial charge is 0.342 e. The van der Waals surface area contributed by atoms with Crippen LogP contribution in [0.5, 0.6) is 0 Å². The van der Waals surface area contributed by atoms with Gasteiger partial charge in [-0.1, -0.05) is 25.3 Å². The summed E-state index contributed by atoms with van der Waals surface area (Å²) in [6.45, 7) is 0.121. The van der Waals surface area contributed by atoms with Crippen LogP contribution in [0.2, 0.25) is 0 Å². The van der Waals surface area contributed by atoms with Crippen LogP contribution in [-0.2, 0) is 6.18 Å². The predicted octanol–water partition coefficient (Wildman–Crippen LogP) is 4.34. The first-order valence-corrected chi connectivity index (χ1v) is 8.50. The second kappa shape index (κ2) is 6.64. The maximum atomic E-state index is 12.9. The molecule has 1 aromatic carbocycles. The van der Waals surface area contributed by atoms with Crippen molar-refractivity contribution in [2.45, 2.75) is 43.8 Å². The molecular formula is C17H17F3N4S. The van der Waals surface area contributed by atoms with Gasteiger partial charge in [-0.3, -0.25) is 0 Å². The fraction of sp³-hybridized carbons (Fsp3) is 0.471. The Kier molecular flexibility index (Phi) is 4.69. The maximum Gasteiger partial charge on any atom is 0.416 e. The zero-order valence-electron chi connectivity index (χ0n) is 13.4. The van der Waals surface area contributed by atoms with Crippen LogP contribution in [0.15, 0.2) is 29.3 Å². The molecule has 1 heterocycles. The minimum absolute atomic E-state index is 0.121. The van der Waals surface area contributed by atoms with Crippen molar-refractivity contribution in [3.05, 3.63) is 29.8 Å². The van der Waals surface area contributed by atoms with E-state index in [-0.39, 0.29) is 6.54 Å². The van der Waals surface area contributed by atoms with Crippen molar-refractivity contribution in [3.8, 4) is 6.07 Å². The zero-order valence-corrected chi connectivity index (χ0v) is 14.3. The van der Waals surface area contributed by atoms with Crippen molar-refractivity contribution >= 4 is 28.9 Å². The number of thiocarbonyl (C=S) groups is 1. The second-order valence-corrected chi connectivity index (χ2v) is 6.65. The summed E-state index contributed by atoms with van der Waals surface area (Å²) in [4.78, 5) is 6.19. The van der Waals surface area contributed by atoms with Crippen molar-refractivity contribution < 1.29 is 13.2 Å². The van der Waals surface area contributed by atoms with Crippen LogP contribution in [0.1, 0.15) is 37.7 Å². The Morgan fingerprint density at radius 2 is 2.00 bits per heavy atom. The molecule has 25 heavy (non-hydrogen) atoms. The van der Waals surface area contributed by atoms with Gasteiger partial charge in [0.05, 0.1) is 11.6 Å². The lowest BCUT2D eigenvalue weighted by Gasteiger charge is -2.41. The molecular weight excluding hydrogens is 349 g/mol. The molecule has 0 bridgehead atoms. The summed E-state index contributed by atoms with van der Waals surface area (Å²) < 4.78 is 38.8. The van der Waals surface area contributed by atoms with Gasteiger partial charge in [-0.2, -0.15) is 18.4 Å². The molecule has 4 nitrogen and oxygen atoms in total. The van der Waals surface area contributed by atoms with Crippen molar-refractivity contribution in [2.24, 2.45) is 4.99 Å².